The van der Waals surface area contributed by atoms with Crippen LogP contribution in [0.3, 0.4) is 0 Å². The smallest absolute Gasteiger partial charge is 0.244 e. The summed E-state index contributed by atoms with van der Waals surface area (Å²) in [7, 11) is -3.68. The Kier molecular flexibility index (Phi) is 3.70. The van der Waals surface area contributed by atoms with Crippen molar-refractivity contribution in [1.29, 1.82) is 0 Å². The number of hydrogen-bond donors (Lipinski definition) is 2. The standard InChI is InChI=1S/C12H13NO3S2/c1-9-7-17-8-10(9)6-13-18(15,16)12-5-3-2-4-11(12)14/h2-5,7-8,13-14H,6H2,1H3. The number of rotatable bonds is 4. The monoisotopic (exact) mass is 283 g/mol. The zero-order valence-corrected chi connectivity index (χ0v) is 11.4. The minimum absolute atomic E-state index is 0.0992. The van der Waals surface area contributed by atoms with E-state index < -0.39 is 10.0 Å². The van der Waals surface area contributed by atoms with Crippen molar-refractivity contribution in [1.82, 2.24) is 4.72 Å². The fourth-order valence-corrected chi connectivity index (χ4v) is 3.46. The molecule has 0 saturated heterocycles. The van der Waals surface area contributed by atoms with Crippen LogP contribution in [-0.2, 0) is 16.6 Å². The third-order valence-electron chi connectivity index (χ3n) is 2.57. The number of hydrogen-bond acceptors (Lipinski definition) is 4. The van der Waals surface area contributed by atoms with Crippen molar-refractivity contribution in [2.45, 2.75) is 18.4 Å². The van der Waals surface area contributed by atoms with Gasteiger partial charge in [-0.1, -0.05) is 12.1 Å². The number of aromatic hydroxyl groups is 1. The van der Waals surface area contributed by atoms with Gasteiger partial charge in [0, 0.05) is 6.54 Å². The Labute approximate surface area is 110 Å². The second-order valence-corrected chi connectivity index (χ2v) is 6.35. The van der Waals surface area contributed by atoms with E-state index in [0.717, 1.165) is 11.1 Å². The van der Waals surface area contributed by atoms with E-state index in [0.29, 0.717) is 0 Å². The molecule has 96 valence electrons. The number of sulfonamides is 1. The van der Waals surface area contributed by atoms with Crippen LogP contribution >= 0.6 is 11.3 Å². The molecule has 0 saturated carbocycles. The molecule has 0 aliphatic rings. The second-order valence-electron chi connectivity index (χ2n) is 3.87. The Balaban J connectivity index is 2.19. The van der Waals surface area contributed by atoms with Crippen LogP contribution in [0.2, 0.25) is 0 Å². The number of aryl methyl sites for hydroxylation is 1. The third-order valence-corrected chi connectivity index (χ3v) is 4.93. The molecule has 0 fully saturated rings. The number of thiophene rings is 1. The Morgan fingerprint density at radius 3 is 2.61 bits per heavy atom. The van der Waals surface area contributed by atoms with Gasteiger partial charge >= 0.3 is 0 Å². The molecule has 1 aromatic heterocycles. The maximum absolute atomic E-state index is 12.0. The zero-order chi connectivity index (χ0) is 13.2. The lowest BCUT2D eigenvalue weighted by atomic mass is 10.2. The maximum Gasteiger partial charge on any atom is 0.244 e. The molecule has 2 N–H and O–H groups in total. The van der Waals surface area contributed by atoms with E-state index in [2.05, 4.69) is 4.72 Å². The first kappa shape index (κ1) is 13.1. The third kappa shape index (κ3) is 2.72. The second kappa shape index (κ2) is 5.09. The summed E-state index contributed by atoms with van der Waals surface area (Å²) in [5.41, 5.74) is 2.00. The van der Waals surface area contributed by atoms with Crippen molar-refractivity contribution < 1.29 is 13.5 Å². The highest BCUT2D eigenvalue weighted by molar-refractivity contribution is 7.89. The fourth-order valence-electron chi connectivity index (χ4n) is 1.50. The van der Waals surface area contributed by atoms with Crippen molar-refractivity contribution in [2.24, 2.45) is 0 Å². The molecule has 0 atom stereocenters. The van der Waals surface area contributed by atoms with E-state index in [9.17, 15) is 13.5 Å². The molecule has 1 aromatic carbocycles. The summed E-state index contributed by atoms with van der Waals surface area (Å²) < 4.78 is 26.5. The van der Waals surface area contributed by atoms with Crippen molar-refractivity contribution in [3.63, 3.8) is 0 Å². The number of benzene rings is 1. The van der Waals surface area contributed by atoms with Crippen LogP contribution in [-0.4, -0.2) is 13.5 Å². The van der Waals surface area contributed by atoms with Crippen LogP contribution in [0, 0.1) is 6.92 Å². The van der Waals surface area contributed by atoms with E-state index in [1.165, 1.54) is 23.5 Å². The van der Waals surface area contributed by atoms with Crippen molar-refractivity contribution >= 4 is 21.4 Å². The zero-order valence-electron chi connectivity index (χ0n) is 9.75. The Hall–Kier alpha value is -1.37. The SMILES string of the molecule is Cc1cscc1CNS(=O)(=O)c1ccccc1O. The topological polar surface area (TPSA) is 66.4 Å². The lowest BCUT2D eigenvalue weighted by Gasteiger charge is -2.07. The fraction of sp³-hybridized carbons (Fsp3) is 0.167. The molecule has 0 amide bonds. The van der Waals surface area contributed by atoms with Crippen molar-refractivity contribution in [3.8, 4) is 5.75 Å². The minimum atomic E-state index is -3.68. The van der Waals surface area contributed by atoms with E-state index in [1.54, 1.807) is 12.1 Å². The van der Waals surface area contributed by atoms with Crippen molar-refractivity contribution in [2.75, 3.05) is 0 Å². The van der Waals surface area contributed by atoms with Gasteiger partial charge in [0.1, 0.15) is 10.6 Å². The molecule has 18 heavy (non-hydrogen) atoms. The first-order chi connectivity index (χ1) is 8.50. The maximum atomic E-state index is 12.0. The van der Waals surface area contributed by atoms with Gasteiger partial charge in [0.2, 0.25) is 10.0 Å². The number of para-hydroxylation sites is 1. The molecule has 0 radical (unpaired) electrons. The molecular formula is C12H13NO3S2. The van der Waals surface area contributed by atoms with Gasteiger partial charge in [0.25, 0.3) is 0 Å². The highest BCUT2D eigenvalue weighted by Gasteiger charge is 2.17. The first-order valence-electron chi connectivity index (χ1n) is 5.30. The summed E-state index contributed by atoms with van der Waals surface area (Å²) in [6.07, 6.45) is 0. The van der Waals surface area contributed by atoms with Crippen LogP contribution < -0.4 is 4.72 Å². The van der Waals surface area contributed by atoms with E-state index >= 15 is 0 Å². The summed E-state index contributed by atoms with van der Waals surface area (Å²) in [5, 5.41) is 13.4. The molecular weight excluding hydrogens is 270 g/mol. The highest BCUT2D eigenvalue weighted by Crippen LogP contribution is 2.22. The average molecular weight is 283 g/mol. The van der Waals surface area contributed by atoms with Crippen molar-refractivity contribution in [3.05, 3.63) is 46.2 Å². The molecule has 0 aliphatic carbocycles. The van der Waals surface area contributed by atoms with Gasteiger partial charge in [-0.05, 0) is 40.9 Å². The Morgan fingerprint density at radius 1 is 1.28 bits per heavy atom. The van der Waals surface area contributed by atoms with Crippen LogP contribution in [0.5, 0.6) is 5.75 Å². The molecule has 6 heteroatoms. The average Bonchev–Trinajstić information content (AvgIpc) is 2.73. The lowest BCUT2D eigenvalue weighted by molar-refractivity contribution is 0.458. The van der Waals surface area contributed by atoms with Crippen LogP contribution in [0.1, 0.15) is 11.1 Å². The van der Waals surface area contributed by atoms with E-state index in [-0.39, 0.29) is 17.2 Å². The van der Waals surface area contributed by atoms with Gasteiger partial charge in [0.05, 0.1) is 0 Å². The summed E-state index contributed by atoms with van der Waals surface area (Å²) in [4.78, 5) is -0.0992. The van der Waals surface area contributed by atoms with E-state index in [4.69, 9.17) is 0 Å². The minimum Gasteiger partial charge on any atom is -0.507 e. The quantitative estimate of drug-likeness (QED) is 0.904. The largest absolute Gasteiger partial charge is 0.507 e. The van der Waals surface area contributed by atoms with Gasteiger partial charge < -0.3 is 5.11 Å². The molecule has 0 spiro atoms. The summed E-state index contributed by atoms with van der Waals surface area (Å²) in [6, 6.07) is 5.88. The molecule has 1 heterocycles. The molecule has 0 bridgehead atoms. The van der Waals surface area contributed by atoms with Gasteiger partial charge in [-0.25, -0.2) is 13.1 Å². The number of phenolic OH excluding ortho intramolecular Hbond substituents is 1. The molecule has 0 aliphatic heterocycles. The van der Waals surface area contributed by atoms with Crippen LogP contribution in [0.15, 0.2) is 39.9 Å². The number of phenols is 1. The predicted molar refractivity (Wildman–Crippen MR) is 71.2 cm³/mol. The Bertz CT molecular complexity index is 647. The molecule has 2 aromatic rings. The van der Waals surface area contributed by atoms with Gasteiger partial charge in [0.15, 0.2) is 0 Å². The Morgan fingerprint density at radius 2 is 2.00 bits per heavy atom. The van der Waals surface area contributed by atoms with Crippen LogP contribution in [0.4, 0.5) is 0 Å². The molecule has 0 unspecified atom stereocenters. The first-order valence-corrected chi connectivity index (χ1v) is 7.72. The summed E-state index contributed by atoms with van der Waals surface area (Å²) >= 11 is 1.53. The van der Waals surface area contributed by atoms with Crippen LogP contribution in [0.25, 0.3) is 0 Å². The van der Waals surface area contributed by atoms with Gasteiger partial charge in [-0.2, -0.15) is 11.3 Å². The summed E-state index contributed by atoms with van der Waals surface area (Å²) in [5.74, 6) is -0.243. The normalized spacial score (nSPS) is 11.6. The molecule has 4 nitrogen and oxygen atoms in total. The highest BCUT2D eigenvalue weighted by atomic mass is 32.2. The van der Waals surface area contributed by atoms with Gasteiger partial charge in [-0.15, -0.1) is 0 Å². The lowest BCUT2D eigenvalue weighted by Crippen LogP contribution is -2.23. The summed E-state index contributed by atoms with van der Waals surface area (Å²) in [6.45, 7) is 2.16. The van der Waals surface area contributed by atoms with Gasteiger partial charge in [-0.3, -0.25) is 0 Å². The van der Waals surface area contributed by atoms with E-state index in [1.807, 2.05) is 17.7 Å². The number of nitrogens with one attached hydrogen (secondary N) is 1. The predicted octanol–water partition coefficient (Wildman–Crippen LogP) is 2.24. The molecule has 2 rings (SSSR count).